The molecule has 1 atom stereocenters. The lowest BCUT2D eigenvalue weighted by molar-refractivity contribution is -0.386. The minimum atomic E-state index is -1.02. The van der Waals surface area contributed by atoms with Gasteiger partial charge in [0.05, 0.1) is 23.3 Å². The molecule has 35 heavy (non-hydrogen) atoms. The van der Waals surface area contributed by atoms with E-state index in [4.69, 9.17) is 14.2 Å². The Hall–Kier alpha value is -4.73. The number of rotatable bonds is 10. The number of carbonyl (C=O) groups is 2. The maximum absolute atomic E-state index is 12.3. The molecule has 0 heterocycles. The molecule has 10 heteroatoms. The average molecular weight is 477 g/mol. The van der Waals surface area contributed by atoms with Crippen LogP contribution in [0, 0.1) is 10.1 Å². The second-order valence-corrected chi connectivity index (χ2v) is 7.14. The van der Waals surface area contributed by atoms with Crippen molar-refractivity contribution in [2.45, 2.75) is 20.0 Å². The van der Waals surface area contributed by atoms with Gasteiger partial charge < -0.3 is 14.2 Å². The molecule has 1 N–H and O–H groups in total. The summed E-state index contributed by atoms with van der Waals surface area (Å²) >= 11 is 0. The van der Waals surface area contributed by atoms with Crippen LogP contribution in [-0.4, -0.2) is 35.7 Å². The van der Waals surface area contributed by atoms with Crippen LogP contribution in [0.5, 0.6) is 17.2 Å². The molecule has 3 aromatic rings. The quantitative estimate of drug-likeness (QED) is 0.153. The van der Waals surface area contributed by atoms with Crippen molar-refractivity contribution in [2.75, 3.05) is 6.61 Å². The lowest BCUT2D eigenvalue weighted by atomic mass is 10.2. The third kappa shape index (κ3) is 7.13. The zero-order chi connectivity index (χ0) is 25.2. The first-order valence-corrected chi connectivity index (χ1v) is 10.7. The van der Waals surface area contributed by atoms with E-state index in [1.807, 2.05) is 6.92 Å². The molecule has 0 unspecified atom stereocenters. The molecule has 1 amide bonds. The van der Waals surface area contributed by atoms with Gasteiger partial charge in [-0.2, -0.15) is 5.10 Å². The van der Waals surface area contributed by atoms with Crippen LogP contribution < -0.4 is 19.6 Å². The maximum atomic E-state index is 12.3. The van der Waals surface area contributed by atoms with Crippen molar-refractivity contribution in [3.8, 4) is 17.2 Å². The number of benzene rings is 3. The molecule has 3 rings (SSSR count). The van der Waals surface area contributed by atoms with Crippen LogP contribution in [0.1, 0.15) is 29.8 Å². The van der Waals surface area contributed by atoms with Crippen molar-refractivity contribution in [1.82, 2.24) is 5.43 Å². The van der Waals surface area contributed by atoms with E-state index < -0.39 is 22.9 Å². The maximum Gasteiger partial charge on any atom is 0.343 e. The number of hydrogen-bond acceptors (Lipinski definition) is 8. The Morgan fingerprint density at radius 2 is 1.69 bits per heavy atom. The molecule has 0 aromatic heterocycles. The van der Waals surface area contributed by atoms with Crippen LogP contribution >= 0.6 is 0 Å². The van der Waals surface area contributed by atoms with Gasteiger partial charge in [-0.15, -0.1) is 0 Å². The van der Waals surface area contributed by atoms with Crippen molar-refractivity contribution in [2.24, 2.45) is 5.10 Å². The molecular formula is C25H23N3O7. The largest absolute Gasteiger partial charge is 0.494 e. The number of nitrogens with zero attached hydrogens (tertiary/aromatic N) is 2. The van der Waals surface area contributed by atoms with Crippen LogP contribution in [-0.2, 0) is 4.79 Å². The molecule has 0 saturated heterocycles. The summed E-state index contributed by atoms with van der Waals surface area (Å²) in [6.45, 7) is 3.87. The number of nitrogens with one attached hydrogen (secondary N) is 1. The number of hydrazone groups is 1. The van der Waals surface area contributed by atoms with E-state index in [9.17, 15) is 19.7 Å². The summed E-state index contributed by atoms with van der Waals surface area (Å²) in [5.41, 5.74) is 3.11. The molecule has 10 nitrogen and oxygen atoms in total. The summed E-state index contributed by atoms with van der Waals surface area (Å²) < 4.78 is 16.1. The highest BCUT2D eigenvalue weighted by molar-refractivity contribution is 5.91. The van der Waals surface area contributed by atoms with E-state index in [0.29, 0.717) is 29.2 Å². The fourth-order valence-corrected chi connectivity index (χ4v) is 2.85. The molecule has 0 spiro atoms. The van der Waals surface area contributed by atoms with Gasteiger partial charge in [-0.25, -0.2) is 10.2 Å². The first kappa shape index (κ1) is 24.9. The number of esters is 1. The van der Waals surface area contributed by atoms with Gasteiger partial charge in [0.2, 0.25) is 0 Å². The molecule has 0 fully saturated rings. The highest BCUT2D eigenvalue weighted by Crippen LogP contribution is 2.26. The topological polar surface area (TPSA) is 129 Å². The van der Waals surface area contributed by atoms with Crippen molar-refractivity contribution in [3.63, 3.8) is 0 Å². The van der Waals surface area contributed by atoms with Gasteiger partial charge in [-0.05, 0) is 74.0 Å². The first-order valence-electron chi connectivity index (χ1n) is 10.7. The molecule has 0 aliphatic heterocycles. The number of nitro groups is 1. The second-order valence-electron chi connectivity index (χ2n) is 7.14. The Bertz CT molecular complexity index is 1210. The number of para-hydroxylation sites is 2. The van der Waals surface area contributed by atoms with E-state index in [1.54, 1.807) is 54.6 Å². The average Bonchev–Trinajstić information content (AvgIpc) is 2.85. The lowest BCUT2D eigenvalue weighted by Gasteiger charge is -2.12. The molecular weight excluding hydrogens is 454 g/mol. The van der Waals surface area contributed by atoms with Crippen molar-refractivity contribution >= 4 is 23.8 Å². The molecule has 180 valence electrons. The van der Waals surface area contributed by atoms with Crippen LogP contribution in [0.3, 0.4) is 0 Å². The summed E-state index contributed by atoms with van der Waals surface area (Å²) in [4.78, 5) is 35.0. The molecule has 0 saturated carbocycles. The Labute approximate surface area is 201 Å². The molecule has 3 aromatic carbocycles. The SMILES string of the molecule is CCOc1ccc(C(=O)Oc2ccc(/C=N\NC(=O)[C@H](C)Oc3ccccc3[N+](=O)[O-])cc2)cc1. The molecule has 0 bridgehead atoms. The zero-order valence-corrected chi connectivity index (χ0v) is 19.0. The zero-order valence-electron chi connectivity index (χ0n) is 19.0. The summed E-state index contributed by atoms with van der Waals surface area (Å²) in [6, 6.07) is 18.9. The number of hydrogen-bond donors (Lipinski definition) is 1. The van der Waals surface area contributed by atoms with Gasteiger partial charge in [0.1, 0.15) is 11.5 Å². The van der Waals surface area contributed by atoms with E-state index in [0.717, 1.165) is 0 Å². The van der Waals surface area contributed by atoms with Gasteiger partial charge in [0, 0.05) is 6.07 Å². The third-order valence-corrected chi connectivity index (χ3v) is 4.61. The van der Waals surface area contributed by atoms with Gasteiger partial charge >= 0.3 is 11.7 Å². The lowest BCUT2D eigenvalue weighted by Crippen LogP contribution is -2.33. The first-order chi connectivity index (χ1) is 16.9. The number of ether oxygens (including phenoxy) is 3. The van der Waals surface area contributed by atoms with Gasteiger partial charge in [0.15, 0.2) is 11.9 Å². The summed E-state index contributed by atoms with van der Waals surface area (Å²) in [7, 11) is 0. The number of carbonyl (C=O) groups excluding carboxylic acids is 2. The van der Waals surface area contributed by atoms with E-state index in [2.05, 4.69) is 10.5 Å². The van der Waals surface area contributed by atoms with Crippen molar-refractivity contribution in [3.05, 3.63) is 94.0 Å². The van der Waals surface area contributed by atoms with Gasteiger partial charge in [-0.3, -0.25) is 14.9 Å². The highest BCUT2D eigenvalue weighted by Gasteiger charge is 2.20. The Balaban J connectivity index is 1.51. The molecule has 0 radical (unpaired) electrons. The molecule has 0 aliphatic rings. The highest BCUT2D eigenvalue weighted by atomic mass is 16.6. The van der Waals surface area contributed by atoms with Crippen LogP contribution in [0.4, 0.5) is 5.69 Å². The monoisotopic (exact) mass is 477 g/mol. The Kier molecular flexibility index (Phi) is 8.49. The van der Waals surface area contributed by atoms with Crippen LogP contribution in [0.2, 0.25) is 0 Å². The summed E-state index contributed by atoms with van der Waals surface area (Å²) in [5, 5.41) is 14.9. The Morgan fingerprint density at radius 3 is 2.34 bits per heavy atom. The fourth-order valence-electron chi connectivity index (χ4n) is 2.85. The summed E-state index contributed by atoms with van der Waals surface area (Å²) in [6.07, 6.45) is 0.380. The van der Waals surface area contributed by atoms with Crippen LogP contribution in [0.25, 0.3) is 0 Å². The second kappa shape index (κ2) is 11.9. The van der Waals surface area contributed by atoms with E-state index in [-0.39, 0.29) is 11.4 Å². The predicted octanol–water partition coefficient (Wildman–Crippen LogP) is 4.13. The number of amides is 1. The van der Waals surface area contributed by atoms with Crippen LogP contribution in [0.15, 0.2) is 77.9 Å². The molecule has 0 aliphatic carbocycles. The van der Waals surface area contributed by atoms with Crippen molar-refractivity contribution in [1.29, 1.82) is 0 Å². The minimum Gasteiger partial charge on any atom is -0.494 e. The minimum absolute atomic E-state index is 0.0144. The fraction of sp³-hybridized carbons (Fsp3) is 0.160. The van der Waals surface area contributed by atoms with Gasteiger partial charge in [-0.1, -0.05) is 12.1 Å². The number of nitro benzene ring substituents is 1. The third-order valence-electron chi connectivity index (χ3n) is 4.61. The standard InChI is InChI=1S/C25H23N3O7/c1-3-33-20-14-10-19(11-15-20)25(30)35-21-12-8-18(9-13-21)16-26-27-24(29)17(2)34-23-7-5-4-6-22(23)28(31)32/h4-17H,3H2,1-2H3,(H,27,29)/b26-16-/t17-/m0/s1. The van der Waals surface area contributed by atoms with Crippen molar-refractivity contribution < 1.29 is 28.7 Å². The normalized spacial score (nSPS) is 11.5. The smallest absolute Gasteiger partial charge is 0.343 e. The van der Waals surface area contributed by atoms with Gasteiger partial charge in [0.25, 0.3) is 5.91 Å². The van der Waals surface area contributed by atoms with E-state index >= 15 is 0 Å². The predicted molar refractivity (Wildman–Crippen MR) is 128 cm³/mol. The Morgan fingerprint density at radius 1 is 1.03 bits per heavy atom. The van der Waals surface area contributed by atoms with E-state index in [1.165, 1.54) is 31.3 Å². The summed E-state index contributed by atoms with van der Waals surface area (Å²) in [5.74, 6) is -0.0900.